The summed E-state index contributed by atoms with van der Waals surface area (Å²) in [5.41, 5.74) is 13.8. The van der Waals surface area contributed by atoms with E-state index in [1.54, 1.807) is 22.3 Å². The van der Waals surface area contributed by atoms with Crippen molar-refractivity contribution in [1.82, 2.24) is 0 Å². The summed E-state index contributed by atoms with van der Waals surface area (Å²) in [4.78, 5) is 0. The third kappa shape index (κ3) is 3.43. The molecule has 5 rings (SSSR count). The zero-order valence-electron chi connectivity index (χ0n) is 19.1. The van der Waals surface area contributed by atoms with Crippen LogP contribution in [0, 0.1) is 13.8 Å². The Morgan fingerprint density at radius 2 is 1.13 bits per heavy atom. The van der Waals surface area contributed by atoms with E-state index in [4.69, 9.17) is 0 Å². The van der Waals surface area contributed by atoms with Crippen molar-refractivity contribution in [2.24, 2.45) is 0 Å². The monoisotopic (exact) mass is 497 g/mol. The Balaban J connectivity index is 1.73. The molecule has 3 aromatic rings. The van der Waals surface area contributed by atoms with Gasteiger partial charge >= 0.3 is 194 Å². The summed E-state index contributed by atoms with van der Waals surface area (Å²) >= 11 is -2.92. The van der Waals surface area contributed by atoms with Crippen LogP contribution in [0.4, 0.5) is 0 Å². The third-order valence-corrected chi connectivity index (χ3v) is 25.9. The van der Waals surface area contributed by atoms with Gasteiger partial charge in [-0.25, -0.2) is 0 Å². The van der Waals surface area contributed by atoms with Gasteiger partial charge in [-0.05, 0) is 0 Å². The zero-order valence-corrected chi connectivity index (χ0v) is 22.9. The molecule has 2 aliphatic rings. The van der Waals surface area contributed by atoms with E-state index in [0.29, 0.717) is 7.25 Å². The first-order valence-corrected chi connectivity index (χ1v) is 21.8. The van der Waals surface area contributed by atoms with Crippen molar-refractivity contribution in [3.05, 3.63) is 117 Å². The van der Waals surface area contributed by atoms with Crippen LogP contribution in [-0.4, -0.2) is 6.88 Å². The second-order valence-electron chi connectivity index (χ2n) is 9.69. The van der Waals surface area contributed by atoms with Crippen LogP contribution >= 0.6 is 0 Å². The van der Waals surface area contributed by atoms with Crippen LogP contribution in [0.1, 0.15) is 60.0 Å². The Labute approximate surface area is 192 Å². The summed E-state index contributed by atoms with van der Waals surface area (Å²) in [7, 11) is 0. The van der Waals surface area contributed by atoms with Gasteiger partial charge in [0.05, 0.1) is 0 Å². The van der Waals surface area contributed by atoms with Gasteiger partial charge in [-0.3, -0.25) is 0 Å². The Morgan fingerprint density at radius 1 is 0.645 bits per heavy atom. The minimum absolute atomic E-state index is 0.627. The molecule has 0 aromatic heterocycles. The van der Waals surface area contributed by atoms with E-state index in [-0.39, 0.29) is 0 Å². The molecule has 0 N–H and O–H groups in total. The van der Waals surface area contributed by atoms with Crippen molar-refractivity contribution in [3.63, 3.8) is 0 Å². The van der Waals surface area contributed by atoms with Crippen LogP contribution in [0.15, 0.2) is 77.9 Å². The topological polar surface area (TPSA) is 0 Å². The van der Waals surface area contributed by atoms with Crippen LogP contribution in [0.3, 0.4) is 0 Å². The minimum atomic E-state index is -2.92. The fourth-order valence-corrected chi connectivity index (χ4v) is 27.8. The van der Waals surface area contributed by atoms with E-state index in [9.17, 15) is 0 Å². The maximum atomic E-state index is 2.51. The molecular weight excluding hydrogens is 468 g/mol. The second kappa shape index (κ2) is 7.98. The first-order valence-electron chi connectivity index (χ1n) is 11.3. The number of allylic oxidation sites excluding steroid dienone is 2. The van der Waals surface area contributed by atoms with E-state index >= 15 is 0 Å². The molecule has 0 saturated carbocycles. The van der Waals surface area contributed by atoms with Crippen molar-refractivity contribution in [1.29, 1.82) is 0 Å². The van der Waals surface area contributed by atoms with Crippen LogP contribution in [0.5, 0.6) is 0 Å². The molecule has 0 bridgehead atoms. The quantitative estimate of drug-likeness (QED) is 0.346. The Kier molecular flexibility index (Phi) is 5.43. The Hall–Kier alpha value is -1.76. The average molecular weight is 499 g/mol. The van der Waals surface area contributed by atoms with Crippen LogP contribution in [-0.2, 0) is 23.0 Å². The van der Waals surface area contributed by atoms with Crippen molar-refractivity contribution in [3.8, 4) is 0 Å². The molecule has 3 aromatic carbocycles. The van der Waals surface area contributed by atoms with Crippen molar-refractivity contribution < 1.29 is 18.9 Å². The molecule has 2 atom stereocenters. The summed E-state index contributed by atoms with van der Waals surface area (Å²) in [6, 6.07) is 25.3. The van der Waals surface area contributed by atoms with Crippen LogP contribution < -0.4 is 0 Å². The molecule has 0 fully saturated rings. The molecule has 0 heterocycles. The van der Waals surface area contributed by atoms with Gasteiger partial charge in [0.25, 0.3) is 0 Å². The maximum absolute atomic E-state index is 2.92. The van der Waals surface area contributed by atoms with E-state index < -0.39 is 18.9 Å². The molecule has 0 amide bonds. The predicted molar refractivity (Wildman–Crippen MR) is 134 cm³/mol. The van der Waals surface area contributed by atoms with E-state index in [0.717, 1.165) is 0 Å². The molecule has 2 unspecified atom stereocenters. The van der Waals surface area contributed by atoms with Gasteiger partial charge < -0.3 is 0 Å². The molecule has 0 aliphatic heterocycles. The third-order valence-electron chi connectivity index (χ3n) is 7.52. The molecule has 0 radical (unpaired) electrons. The molecule has 31 heavy (non-hydrogen) atoms. The van der Waals surface area contributed by atoms with Gasteiger partial charge in [0, 0.05) is 0 Å². The van der Waals surface area contributed by atoms with Gasteiger partial charge in [-0.15, -0.1) is 0 Å². The van der Waals surface area contributed by atoms with Gasteiger partial charge in [-0.1, -0.05) is 0 Å². The molecule has 0 saturated heterocycles. The van der Waals surface area contributed by atoms with Gasteiger partial charge in [0.15, 0.2) is 0 Å². The molecule has 0 spiro atoms. The van der Waals surface area contributed by atoms with Crippen molar-refractivity contribution in [2.75, 3.05) is 0 Å². The normalized spacial score (nSPS) is 21.2. The zero-order chi connectivity index (χ0) is 21.8. The second-order valence-corrected chi connectivity index (χ2v) is 27.3. The van der Waals surface area contributed by atoms with E-state index in [2.05, 4.69) is 113 Å². The van der Waals surface area contributed by atoms with Crippen molar-refractivity contribution >= 4 is 19.0 Å². The number of fused-ring (bicyclic) bond motifs is 2. The number of benzene rings is 3. The molecule has 0 nitrogen and oxygen atoms in total. The Bertz CT molecular complexity index is 1200. The van der Waals surface area contributed by atoms with Gasteiger partial charge in [0.1, 0.15) is 0 Å². The summed E-state index contributed by atoms with van der Waals surface area (Å²) in [6.07, 6.45) is 5.01. The Morgan fingerprint density at radius 3 is 1.61 bits per heavy atom. The summed E-state index contributed by atoms with van der Waals surface area (Å²) in [5.74, 6) is 0. The van der Waals surface area contributed by atoms with E-state index in [1.807, 2.05) is 0 Å². The molecule has 155 valence electrons. The molecule has 2 aliphatic carbocycles. The first kappa shape index (κ1) is 21.1. The fraction of sp³-hybridized carbons (Fsp3) is 0.241. The van der Waals surface area contributed by atoms with Gasteiger partial charge in [0.2, 0.25) is 0 Å². The van der Waals surface area contributed by atoms with Crippen LogP contribution in [0.25, 0.3) is 12.2 Å². The standard InChI is InChI=1S/2C11H11.C7H7.H2Si.Zr/c2*1-8-6-10-5-3-4-9(2)11(10)7-8;1-7-5-3-2-4-6-7;;/h2*3-7H,1-2H3;2-6H,1H2;1H2;. The summed E-state index contributed by atoms with van der Waals surface area (Å²) in [6.45, 7) is 11.8. The number of aryl methyl sites for hydroxylation is 2. The fourth-order valence-electron chi connectivity index (χ4n) is 6.29. The molecule has 2 heteroatoms. The first-order chi connectivity index (χ1) is 14.9. The SMILES string of the molecule is CC1=Cc2c(C)cccc2[CH]1[Zr](=[SiH2])([CH2]c1ccccc1)[CH]1C(C)=Cc2c(C)cccc21. The molecular formula is C29H31SiZr. The summed E-state index contributed by atoms with van der Waals surface area (Å²) in [5, 5.41) is 0. The van der Waals surface area contributed by atoms with E-state index in [1.165, 1.54) is 31.9 Å². The van der Waals surface area contributed by atoms with Crippen LogP contribution in [0.2, 0.25) is 0 Å². The number of hydrogen-bond donors (Lipinski definition) is 0. The number of rotatable bonds is 4. The average Bonchev–Trinajstić information content (AvgIpc) is 3.27. The number of hydrogen-bond acceptors (Lipinski definition) is 0. The van der Waals surface area contributed by atoms with Crippen molar-refractivity contribution in [2.45, 2.75) is 39.1 Å². The predicted octanol–water partition coefficient (Wildman–Crippen LogP) is 6.82. The summed E-state index contributed by atoms with van der Waals surface area (Å²) < 4.78 is 2.53. The van der Waals surface area contributed by atoms with Gasteiger partial charge in [-0.2, -0.15) is 0 Å².